The fourth-order valence-corrected chi connectivity index (χ4v) is 6.47. The van der Waals surface area contributed by atoms with Crippen molar-refractivity contribution in [1.29, 1.82) is 0 Å². The van der Waals surface area contributed by atoms with Crippen LogP contribution in [0, 0.1) is 10.8 Å². The third-order valence-corrected chi connectivity index (χ3v) is 8.91. The van der Waals surface area contributed by atoms with Gasteiger partial charge in [0.25, 0.3) is 0 Å². The first kappa shape index (κ1) is 28.1. The number of Topliss-reactive ketones (excluding diaryl/α,β-unsaturated/α-hetero) is 1. The van der Waals surface area contributed by atoms with E-state index in [4.69, 9.17) is 18.9 Å². The van der Waals surface area contributed by atoms with Gasteiger partial charge in [-0.05, 0) is 64.8 Å². The van der Waals surface area contributed by atoms with Crippen LogP contribution in [0.3, 0.4) is 0 Å². The molecule has 212 valence electrons. The monoisotopic (exact) mass is 536 g/mol. The Balaban J connectivity index is 1.20. The van der Waals surface area contributed by atoms with Gasteiger partial charge in [-0.1, -0.05) is 30.7 Å². The number of hydrogen-bond donors (Lipinski definition) is 0. The van der Waals surface area contributed by atoms with Crippen molar-refractivity contribution >= 4 is 17.2 Å². The number of ketones is 1. The highest BCUT2D eigenvalue weighted by Crippen LogP contribution is 2.49. The molecule has 0 amide bonds. The average Bonchev–Trinajstić information content (AvgIpc) is 2.99. The van der Waals surface area contributed by atoms with Crippen LogP contribution < -0.4 is 9.80 Å². The van der Waals surface area contributed by atoms with Gasteiger partial charge in [-0.3, -0.25) is 4.79 Å². The van der Waals surface area contributed by atoms with Crippen molar-refractivity contribution < 1.29 is 23.7 Å². The molecule has 2 aromatic carbocycles. The number of rotatable bonds is 8. The van der Waals surface area contributed by atoms with E-state index in [1.54, 1.807) is 0 Å². The van der Waals surface area contributed by atoms with Gasteiger partial charge in [-0.2, -0.15) is 0 Å². The summed E-state index contributed by atoms with van der Waals surface area (Å²) in [5.74, 6) is 0.173. The van der Waals surface area contributed by atoms with Crippen molar-refractivity contribution in [1.82, 2.24) is 0 Å². The van der Waals surface area contributed by atoms with Crippen molar-refractivity contribution in [3.63, 3.8) is 0 Å². The molecule has 2 aromatic rings. The zero-order valence-corrected chi connectivity index (χ0v) is 24.0. The summed E-state index contributed by atoms with van der Waals surface area (Å²) in [6.07, 6.45) is 1.58. The Morgan fingerprint density at radius 1 is 0.615 bits per heavy atom. The highest BCUT2D eigenvalue weighted by molar-refractivity contribution is 5.92. The highest BCUT2D eigenvalue weighted by Gasteiger charge is 2.57. The van der Waals surface area contributed by atoms with Gasteiger partial charge in [0.1, 0.15) is 0 Å². The first-order valence-corrected chi connectivity index (χ1v) is 14.7. The maximum Gasteiger partial charge on any atom is 0.183 e. The van der Waals surface area contributed by atoms with Crippen molar-refractivity contribution in [2.75, 3.05) is 62.4 Å². The minimum Gasteiger partial charge on any atom is -0.372 e. The quantitative estimate of drug-likeness (QED) is 0.417. The minimum absolute atomic E-state index is 0.173. The van der Waals surface area contributed by atoms with Crippen LogP contribution in [0.5, 0.6) is 0 Å². The Bertz CT molecular complexity index is 993. The molecule has 0 atom stereocenters. The molecule has 7 heteroatoms. The molecule has 5 rings (SSSR count). The zero-order chi connectivity index (χ0) is 27.5. The number of ether oxygens (including phenoxy) is 4. The topological polar surface area (TPSA) is 60.5 Å². The van der Waals surface area contributed by atoms with Gasteiger partial charge in [-0.25, -0.2) is 0 Å². The van der Waals surface area contributed by atoms with E-state index < -0.39 is 23.4 Å². The van der Waals surface area contributed by atoms with E-state index in [1.807, 2.05) is 0 Å². The SMILES string of the molecule is CCN(CC)c1ccc(C2OCC3(CCCC4(COC(c5ccc(N(CC)CC)cc5)OC4)C3=O)CO2)cc1. The van der Waals surface area contributed by atoms with E-state index in [1.165, 1.54) is 11.4 Å². The predicted octanol–water partition coefficient (Wildman–Crippen LogP) is 5.90. The Kier molecular flexibility index (Phi) is 8.62. The molecule has 2 saturated heterocycles. The molecule has 39 heavy (non-hydrogen) atoms. The molecule has 0 aromatic heterocycles. The molecule has 3 aliphatic rings. The third-order valence-electron chi connectivity index (χ3n) is 8.91. The molecule has 7 nitrogen and oxygen atoms in total. The number of nitrogens with zero attached hydrogens (tertiary/aromatic N) is 2. The lowest BCUT2D eigenvalue weighted by atomic mass is 9.61. The van der Waals surface area contributed by atoms with Crippen LogP contribution in [-0.4, -0.2) is 58.4 Å². The molecule has 3 fully saturated rings. The number of anilines is 2. The molecule has 0 radical (unpaired) electrons. The molecule has 2 heterocycles. The van der Waals surface area contributed by atoms with Crippen molar-refractivity contribution in [3.8, 4) is 0 Å². The summed E-state index contributed by atoms with van der Waals surface area (Å²) in [4.78, 5) is 18.6. The van der Waals surface area contributed by atoms with Gasteiger partial charge < -0.3 is 28.7 Å². The Morgan fingerprint density at radius 2 is 0.949 bits per heavy atom. The summed E-state index contributed by atoms with van der Waals surface area (Å²) >= 11 is 0. The summed E-state index contributed by atoms with van der Waals surface area (Å²) < 4.78 is 24.8. The van der Waals surface area contributed by atoms with Crippen LogP contribution in [0.4, 0.5) is 11.4 Å². The van der Waals surface area contributed by atoms with Crippen molar-refractivity contribution in [3.05, 3.63) is 59.7 Å². The van der Waals surface area contributed by atoms with Crippen LogP contribution in [0.15, 0.2) is 48.5 Å². The van der Waals surface area contributed by atoms with Crippen molar-refractivity contribution in [2.24, 2.45) is 10.8 Å². The van der Waals surface area contributed by atoms with E-state index in [9.17, 15) is 4.79 Å². The minimum atomic E-state index is -0.638. The molecule has 2 aliphatic heterocycles. The molecule has 2 spiro atoms. The standard InChI is InChI=1S/C32H44N2O5/c1-5-33(6-2)26-14-10-24(11-15-26)28-36-20-31(21-37-28)18-9-19-32(30(31)35)22-38-29(39-23-32)25-12-16-27(17-13-25)34(7-3)8-4/h10-17,28-29H,5-9,18-23H2,1-4H3. The van der Waals surface area contributed by atoms with Crippen LogP contribution in [0.2, 0.25) is 0 Å². The van der Waals surface area contributed by atoms with E-state index in [0.717, 1.165) is 56.6 Å². The van der Waals surface area contributed by atoms with Gasteiger partial charge in [-0.15, -0.1) is 0 Å². The summed E-state index contributed by atoms with van der Waals surface area (Å²) in [5, 5.41) is 0. The zero-order valence-electron chi connectivity index (χ0n) is 24.0. The lowest BCUT2D eigenvalue weighted by molar-refractivity contribution is -0.261. The second-order valence-corrected chi connectivity index (χ2v) is 11.2. The lowest BCUT2D eigenvalue weighted by Crippen LogP contribution is -2.58. The van der Waals surface area contributed by atoms with Crippen LogP contribution in [0.1, 0.15) is 70.7 Å². The Labute approximate surface area is 233 Å². The summed E-state index contributed by atoms with van der Waals surface area (Å²) in [7, 11) is 0. The largest absolute Gasteiger partial charge is 0.372 e. The normalized spacial score (nSPS) is 29.1. The second kappa shape index (κ2) is 12.0. The number of benzene rings is 2. The first-order valence-electron chi connectivity index (χ1n) is 14.7. The van der Waals surface area contributed by atoms with Crippen LogP contribution in [0.25, 0.3) is 0 Å². The fraction of sp³-hybridized carbons (Fsp3) is 0.594. The Morgan fingerprint density at radius 3 is 1.26 bits per heavy atom. The highest BCUT2D eigenvalue weighted by atomic mass is 16.7. The molecular formula is C32H44N2O5. The smallest absolute Gasteiger partial charge is 0.183 e. The molecule has 1 aliphatic carbocycles. The number of hydrogen-bond acceptors (Lipinski definition) is 7. The van der Waals surface area contributed by atoms with Gasteiger partial charge in [0.15, 0.2) is 18.4 Å². The van der Waals surface area contributed by atoms with Gasteiger partial charge in [0, 0.05) is 48.7 Å². The van der Waals surface area contributed by atoms with E-state index in [0.29, 0.717) is 26.4 Å². The second-order valence-electron chi connectivity index (χ2n) is 11.2. The molecular weight excluding hydrogens is 492 g/mol. The summed E-state index contributed by atoms with van der Waals surface area (Å²) in [6.45, 7) is 14.0. The predicted molar refractivity (Wildman–Crippen MR) is 153 cm³/mol. The van der Waals surface area contributed by atoms with Crippen LogP contribution >= 0.6 is 0 Å². The van der Waals surface area contributed by atoms with Crippen molar-refractivity contribution in [2.45, 2.75) is 59.5 Å². The van der Waals surface area contributed by atoms with Crippen LogP contribution in [-0.2, 0) is 23.7 Å². The van der Waals surface area contributed by atoms with Gasteiger partial charge in [0.05, 0.1) is 37.3 Å². The summed E-state index contributed by atoms with van der Waals surface area (Å²) in [6, 6.07) is 16.7. The lowest BCUT2D eigenvalue weighted by Gasteiger charge is -2.50. The fourth-order valence-electron chi connectivity index (χ4n) is 6.47. The third kappa shape index (κ3) is 5.47. The van der Waals surface area contributed by atoms with E-state index >= 15 is 0 Å². The summed E-state index contributed by atoms with van der Waals surface area (Å²) in [5.41, 5.74) is 3.07. The molecule has 1 saturated carbocycles. The van der Waals surface area contributed by atoms with Gasteiger partial charge in [0.2, 0.25) is 0 Å². The van der Waals surface area contributed by atoms with E-state index in [-0.39, 0.29) is 5.78 Å². The maximum atomic E-state index is 14.0. The molecule has 0 N–H and O–H groups in total. The van der Waals surface area contributed by atoms with Gasteiger partial charge >= 0.3 is 0 Å². The first-order chi connectivity index (χ1) is 19.0. The number of carbonyl (C=O) groups excluding carboxylic acids is 1. The maximum absolute atomic E-state index is 14.0. The molecule has 0 bridgehead atoms. The van der Waals surface area contributed by atoms with E-state index in [2.05, 4.69) is 86.0 Å². The average molecular weight is 537 g/mol. The Hall–Kier alpha value is -2.45. The number of carbonyl (C=O) groups is 1. The molecule has 0 unspecified atom stereocenters.